The fourth-order valence-corrected chi connectivity index (χ4v) is 5.69. The number of alkyl halides is 3. The first-order valence-corrected chi connectivity index (χ1v) is 14.0. The minimum atomic E-state index is -6.09. The summed E-state index contributed by atoms with van der Waals surface area (Å²) < 4.78 is 61.3. The zero-order valence-corrected chi connectivity index (χ0v) is 21.7. The molecule has 9 heteroatoms. The summed E-state index contributed by atoms with van der Waals surface area (Å²) in [5, 5.41) is 10.1. The first-order chi connectivity index (χ1) is 18.6. The van der Waals surface area contributed by atoms with E-state index in [4.69, 9.17) is 13.0 Å². The fraction of sp³-hybridized carbons (Fsp3) is 0.233. The summed E-state index contributed by atoms with van der Waals surface area (Å²) in [4.78, 5) is 0. The van der Waals surface area contributed by atoms with E-state index < -0.39 is 15.6 Å². The van der Waals surface area contributed by atoms with Gasteiger partial charge in [-0.15, -0.1) is 0 Å². The summed E-state index contributed by atoms with van der Waals surface area (Å²) in [5.74, 6) is 0. The summed E-state index contributed by atoms with van der Waals surface area (Å²) in [7, 11) is -6.09. The number of aromatic nitrogens is 1. The van der Waals surface area contributed by atoms with Gasteiger partial charge in [-0.05, 0) is 54.5 Å². The van der Waals surface area contributed by atoms with Crippen LogP contribution in [0.3, 0.4) is 0 Å². The van der Waals surface area contributed by atoms with Gasteiger partial charge in [-0.3, -0.25) is 0 Å². The zero-order valence-electron chi connectivity index (χ0n) is 20.9. The van der Waals surface area contributed by atoms with Crippen LogP contribution in [-0.4, -0.2) is 30.2 Å². The highest BCUT2D eigenvalue weighted by Crippen LogP contribution is 2.44. The van der Waals surface area contributed by atoms with Crippen molar-refractivity contribution in [1.29, 1.82) is 0 Å². The van der Waals surface area contributed by atoms with E-state index in [-0.39, 0.29) is 6.61 Å². The number of nitrogens with zero attached hydrogens (tertiary/aromatic N) is 1. The van der Waals surface area contributed by atoms with E-state index in [9.17, 15) is 18.3 Å². The molecule has 4 aromatic rings. The van der Waals surface area contributed by atoms with Crippen molar-refractivity contribution in [3.63, 3.8) is 0 Å². The molecule has 0 aliphatic heterocycles. The van der Waals surface area contributed by atoms with Gasteiger partial charge >= 0.3 is 5.51 Å². The van der Waals surface area contributed by atoms with E-state index in [0.717, 1.165) is 25.7 Å². The van der Waals surface area contributed by atoms with Crippen LogP contribution in [0.4, 0.5) is 13.2 Å². The van der Waals surface area contributed by atoms with Crippen molar-refractivity contribution in [2.75, 3.05) is 6.61 Å². The molecule has 0 unspecified atom stereocenters. The SMILES string of the molecule is O=S(=O)([O-])C(F)(F)F.OCC[n+]1c2c(c(-c3ccccc3)c3c1-c1ccccc1CC3)CCc1ccccc1-2. The molecule has 0 atom stereocenters. The van der Waals surface area contributed by atoms with Gasteiger partial charge in [0.05, 0.1) is 0 Å². The number of aliphatic hydroxyl groups excluding tert-OH is 1. The average Bonchev–Trinajstić information content (AvgIpc) is 2.92. The number of benzene rings is 3. The lowest BCUT2D eigenvalue weighted by molar-refractivity contribution is -0.677. The third-order valence-electron chi connectivity index (χ3n) is 7.22. The molecule has 3 aromatic carbocycles. The highest BCUT2D eigenvalue weighted by atomic mass is 32.2. The quantitative estimate of drug-likeness (QED) is 0.214. The number of halogens is 3. The summed E-state index contributed by atoms with van der Waals surface area (Å²) >= 11 is 0. The zero-order chi connectivity index (χ0) is 27.8. The van der Waals surface area contributed by atoms with Gasteiger partial charge in [0.15, 0.2) is 16.7 Å². The Kier molecular flexibility index (Phi) is 7.33. The average molecular weight is 554 g/mol. The summed E-state index contributed by atoms with van der Waals surface area (Å²) in [6.45, 7) is 0.751. The molecule has 0 fully saturated rings. The van der Waals surface area contributed by atoms with Gasteiger partial charge in [-0.2, -0.15) is 17.7 Å². The van der Waals surface area contributed by atoms with Crippen LogP contribution in [0.25, 0.3) is 33.6 Å². The van der Waals surface area contributed by atoms with Crippen molar-refractivity contribution in [1.82, 2.24) is 0 Å². The summed E-state index contributed by atoms with van der Waals surface area (Å²) in [6.07, 6.45) is 4.21. The number of pyridine rings is 1. The third-order valence-corrected chi connectivity index (χ3v) is 7.79. The molecule has 0 radical (unpaired) electrons. The van der Waals surface area contributed by atoms with Gasteiger partial charge < -0.3 is 9.66 Å². The van der Waals surface area contributed by atoms with Crippen LogP contribution < -0.4 is 4.57 Å². The van der Waals surface area contributed by atoms with E-state index in [1.807, 2.05) is 0 Å². The van der Waals surface area contributed by atoms with Gasteiger partial charge in [-0.25, -0.2) is 8.42 Å². The Bertz CT molecular complexity index is 1560. The lowest BCUT2D eigenvalue weighted by Crippen LogP contribution is -2.44. The van der Waals surface area contributed by atoms with Crippen molar-refractivity contribution in [2.24, 2.45) is 0 Å². The predicted molar refractivity (Wildman–Crippen MR) is 141 cm³/mol. The van der Waals surface area contributed by atoms with Crippen LogP contribution in [0, 0.1) is 0 Å². The molecule has 0 amide bonds. The largest absolute Gasteiger partial charge is 0.741 e. The number of hydrogen-bond acceptors (Lipinski definition) is 4. The van der Waals surface area contributed by atoms with Crippen molar-refractivity contribution >= 4 is 10.1 Å². The Morgan fingerprint density at radius 2 is 1.18 bits per heavy atom. The van der Waals surface area contributed by atoms with Crippen molar-refractivity contribution < 1.29 is 35.8 Å². The lowest BCUT2D eigenvalue weighted by atomic mass is 9.77. The minimum absolute atomic E-state index is 0.137. The number of aliphatic hydroxyl groups is 1. The second kappa shape index (κ2) is 10.6. The highest BCUT2D eigenvalue weighted by molar-refractivity contribution is 7.86. The second-order valence-electron chi connectivity index (χ2n) is 9.48. The first-order valence-electron chi connectivity index (χ1n) is 12.6. The second-order valence-corrected chi connectivity index (χ2v) is 10.9. The number of aryl methyl sites for hydroxylation is 2. The van der Waals surface area contributed by atoms with Gasteiger partial charge in [-0.1, -0.05) is 66.7 Å². The standard InChI is InChI=1S/C29H26NO.CHF3O3S/c31-19-18-30-28-23-12-6-4-8-20(23)14-16-25(28)27(22-10-2-1-3-11-22)26-17-15-21-9-5-7-13-24(21)29(26)30;2-1(3,4)8(5,6)7/h1-13,31H,14-19H2;(H,5,6,7)/q+1;/p-1. The molecule has 6 rings (SSSR count). The van der Waals surface area contributed by atoms with E-state index >= 15 is 0 Å². The Labute approximate surface area is 225 Å². The molecule has 1 heterocycles. The Balaban J connectivity index is 0.000000339. The Morgan fingerprint density at radius 3 is 1.62 bits per heavy atom. The number of rotatable bonds is 3. The Hall–Kier alpha value is -3.53. The molecular weight excluding hydrogens is 527 g/mol. The molecule has 0 spiro atoms. The van der Waals surface area contributed by atoms with Crippen LogP contribution in [0.2, 0.25) is 0 Å². The normalized spacial score (nSPS) is 13.8. The molecule has 0 bridgehead atoms. The first kappa shape index (κ1) is 27.1. The van der Waals surface area contributed by atoms with Crippen LogP contribution in [0.15, 0.2) is 78.9 Å². The molecule has 5 nitrogen and oxygen atoms in total. The maximum absolute atomic E-state index is 10.7. The molecule has 0 saturated heterocycles. The van der Waals surface area contributed by atoms with Crippen LogP contribution in [-0.2, 0) is 42.3 Å². The van der Waals surface area contributed by atoms with Crippen LogP contribution in [0.5, 0.6) is 0 Å². The maximum atomic E-state index is 10.7. The van der Waals surface area contributed by atoms with E-state index in [1.54, 1.807) is 0 Å². The molecular formula is C30H26F3NO4S. The number of fused-ring (bicyclic) bond motifs is 6. The van der Waals surface area contributed by atoms with Crippen molar-refractivity contribution in [3.8, 4) is 33.6 Å². The number of hydrogen-bond donors (Lipinski definition) is 1. The smallest absolute Gasteiger partial charge is 0.485 e. The van der Waals surface area contributed by atoms with E-state index in [0.29, 0.717) is 6.54 Å². The maximum Gasteiger partial charge on any atom is 0.485 e. The molecule has 39 heavy (non-hydrogen) atoms. The third kappa shape index (κ3) is 5.09. The van der Waals surface area contributed by atoms with Crippen molar-refractivity contribution in [3.05, 3.63) is 101 Å². The topological polar surface area (TPSA) is 81.3 Å². The van der Waals surface area contributed by atoms with Crippen LogP contribution in [0.1, 0.15) is 22.3 Å². The molecule has 2 aliphatic carbocycles. The molecule has 0 saturated carbocycles. The molecule has 1 aromatic heterocycles. The monoisotopic (exact) mass is 553 g/mol. The minimum Gasteiger partial charge on any atom is -0.741 e. The van der Waals surface area contributed by atoms with Gasteiger partial charge in [0, 0.05) is 27.8 Å². The van der Waals surface area contributed by atoms with E-state index in [1.165, 1.54) is 55.9 Å². The van der Waals surface area contributed by atoms with Gasteiger partial charge in [0.25, 0.3) is 0 Å². The van der Waals surface area contributed by atoms with Crippen LogP contribution >= 0.6 is 0 Å². The summed E-state index contributed by atoms with van der Waals surface area (Å²) in [5.41, 5.74) is 8.01. The van der Waals surface area contributed by atoms with Gasteiger partial charge in [0.1, 0.15) is 6.61 Å². The highest BCUT2D eigenvalue weighted by Gasteiger charge is 2.38. The molecule has 1 N–H and O–H groups in total. The van der Waals surface area contributed by atoms with Crippen molar-refractivity contribution in [2.45, 2.75) is 37.7 Å². The molecule has 202 valence electrons. The predicted octanol–water partition coefficient (Wildman–Crippen LogP) is 5.22. The molecule has 2 aliphatic rings. The van der Waals surface area contributed by atoms with E-state index in [2.05, 4.69) is 83.4 Å². The lowest BCUT2D eigenvalue weighted by Gasteiger charge is -2.28. The summed E-state index contributed by atoms with van der Waals surface area (Å²) in [6, 6.07) is 28.5. The van der Waals surface area contributed by atoms with Gasteiger partial charge in [0.2, 0.25) is 11.4 Å². The Morgan fingerprint density at radius 1 is 0.744 bits per heavy atom. The fourth-order valence-electron chi connectivity index (χ4n) is 5.69.